The molecule has 1 aliphatic heterocycles. The summed E-state index contributed by atoms with van der Waals surface area (Å²) < 4.78 is 35.7. The lowest BCUT2D eigenvalue weighted by Gasteiger charge is -2.40. The molecule has 3 aliphatic rings. The maximum atomic E-state index is 13.8. The number of aromatic nitrogens is 3. The Morgan fingerprint density at radius 3 is 2.39 bits per heavy atom. The topological polar surface area (TPSA) is 152 Å². The number of carbonyl (C=O) groups excluding carboxylic acids is 3. The minimum Gasteiger partial charge on any atom is -0.466 e. The van der Waals surface area contributed by atoms with Gasteiger partial charge in [0, 0.05) is 37.9 Å². The fourth-order valence-electron chi connectivity index (χ4n) is 9.33. The minimum absolute atomic E-state index is 0.00432. The maximum Gasteiger partial charge on any atom is 0.331 e. The number of hydrogen-bond acceptors (Lipinski definition) is 9. The summed E-state index contributed by atoms with van der Waals surface area (Å²) in [6, 6.07) is 11.3. The molecule has 2 aliphatic carbocycles. The lowest BCUT2D eigenvalue weighted by Crippen LogP contribution is -2.52. The molecule has 2 aromatic carbocycles. The monoisotopic (exact) mass is 825 g/mol. The number of aromatic amines is 1. The number of piperazine rings is 1. The normalized spacial score (nSPS) is 23.9. The van der Waals surface area contributed by atoms with Crippen LogP contribution in [0.4, 0.5) is 17.1 Å². The van der Waals surface area contributed by atoms with Gasteiger partial charge in [-0.05, 0) is 99.6 Å². The van der Waals surface area contributed by atoms with Crippen molar-refractivity contribution in [3.8, 4) is 17.1 Å². The Morgan fingerprint density at radius 2 is 1.69 bits per heavy atom. The SMILES string of the molecule is [C-]#[N+]c1cn2[nH]c(-c3ccc(N4CCN(C(=O)C5CCCCC5C(=O)OCC)CC4)c(NS(=O)Oc4cc(C)ccc4C)c3)nc2c1C(=O)OC1C(C)CC(C)CC1C. The van der Waals surface area contributed by atoms with Crippen LogP contribution >= 0.6 is 0 Å². The number of amides is 1. The number of benzene rings is 2. The van der Waals surface area contributed by atoms with Crippen LogP contribution in [-0.2, 0) is 30.3 Å². The van der Waals surface area contributed by atoms with Gasteiger partial charge in [0.1, 0.15) is 17.4 Å². The first-order chi connectivity index (χ1) is 28.3. The van der Waals surface area contributed by atoms with Crippen LogP contribution in [0.5, 0.6) is 5.75 Å². The summed E-state index contributed by atoms with van der Waals surface area (Å²) in [7, 11) is 0. The molecule has 3 fully saturated rings. The molecule has 3 heterocycles. The number of anilines is 2. The van der Waals surface area contributed by atoms with E-state index in [1.54, 1.807) is 17.6 Å². The highest BCUT2D eigenvalue weighted by Gasteiger charge is 2.40. The quantitative estimate of drug-likeness (QED) is 0.114. The molecular weight excluding hydrogens is 771 g/mol. The third-order valence-electron chi connectivity index (χ3n) is 12.2. The van der Waals surface area contributed by atoms with E-state index >= 15 is 0 Å². The Labute approximate surface area is 348 Å². The van der Waals surface area contributed by atoms with Crippen molar-refractivity contribution in [1.82, 2.24) is 19.5 Å². The molecule has 5 unspecified atom stereocenters. The number of aryl methyl sites for hydroxylation is 2. The lowest BCUT2D eigenvalue weighted by molar-refractivity contribution is -0.157. The van der Waals surface area contributed by atoms with E-state index in [-0.39, 0.29) is 52.6 Å². The van der Waals surface area contributed by atoms with Crippen molar-refractivity contribution >= 4 is 51.8 Å². The highest BCUT2D eigenvalue weighted by molar-refractivity contribution is 7.82. The van der Waals surface area contributed by atoms with Gasteiger partial charge in [-0.2, -0.15) is 4.21 Å². The number of fused-ring (bicyclic) bond motifs is 1. The van der Waals surface area contributed by atoms with Crippen LogP contribution < -0.4 is 13.8 Å². The van der Waals surface area contributed by atoms with E-state index in [2.05, 4.69) is 40.3 Å². The second-order valence-electron chi connectivity index (χ2n) is 16.7. The average molecular weight is 826 g/mol. The molecule has 5 atom stereocenters. The average Bonchev–Trinajstić information content (AvgIpc) is 3.79. The number of carbonyl (C=O) groups is 3. The second-order valence-corrected chi connectivity index (χ2v) is 17.5. The van der Waals surface area contributed by atoms with Gasteiger partial charge in [-0.25, -0.2) is 14.6 Å². The Bertz CT molecular complexity index is 2260. The molecule has 1 amide bonds. The summed E-state index contributed by atoms with van der Waals surface area (Å²) in [5.41, 5.74) is 4.26. The van der Waals surface area contributed by atoms with E-state index < -0.39 is 23.2 Å². The van der Waals surface area contributed by atoms with Crippen molar-refractivity contribution in [2.45, 2.75) is 86.2 Å². The van der Waals surface area contributed by atoms with Gasteiger partial charge >= 0.3 is 23.2 Å². The van der Waals surface area contributed by atoms with Gasteiger partial charge < -0.3 is 23.5 Å². The highest BCUT2D eigenvalue weighted by Crippen LogP contribution is 2.38. The van der Waals surface area contributed by atoms with E-state index in [9.17, 15) is 18.6 Å². The van der Waals surface area contributed by atoms with Gasteiger partial charge in [0.25, 0.3) is 0 Å². The van der Waals surface area contributed by atoms with E-state index in [4.69, 9.17) is 25.2 Å². The van der Waals surface area contributed by atoms with Crippen LogP contribution in [-0.4, -0.2) is 80.4 Å². The molecule has 2 saturated carbocycles. The van der Waals surface area contributed by atoms with Crippen LogP contribution in [0, 0.1) is 50.0 Å². The van der Waals surface area contributed by atoms with Crippen molar-refractivity contribution in [3.63, 3.8) is 0 Å². The van der Waals surface area contributed by atoms with Gasteiger partial charge in [0.15, 0.2) is 11.5 Å². The molecule has 314 valence electrons. The number of esters is 2. The molecule has 14 nitrogen and oxygen atoms in total. The van der Waals surface area contributed by atoms with Crippen LogP contribution in [0.2, 0.25) is 0 Å². The van der Waals surface area contributed by atoms with E-state index in [1.807, 2.05) is 55.1 Å². The van der Waals surface area contributed by atoms with Gasteiger partial charge in [-0.3, -0.25) is 23.9 Å². The fraction of sp³-hybridized carbons (Fsp3) is 0.523. The first-order valence-electron chi connectivity index (χ1n) is 20.8. The summed E-state index contributed by atoms with van der Waals surface area (Å²) >= 11 is -2.00. The number of H-pyrrole nitrogens is 1. The fourth-order valence-corrected chi connectivity index (χ4v) is 10.1. The van der Waals surface area contributed by atoms with Crippen molar-refractivity contribution in [3.05, 3.63) is 70.7 Å². The molecule has 2 N–H and O–H groups in total. The van der Waals surface area contributed by atoms with Crippen molar-refractivity contribution in [2.24, 2.45) is 29.6 Å². The molecule has 0 radical (unpaired) electrons. The Hall–Kier alpha value is -5.36. The molecule has 0 spiro atoms. The minimum atomic E-state index is -2.00. The van der Waals surface area contributed by atoms with Gasteiger partial charge in [0.2, 0.25) is 11.6 Å². The zero-order chi connectivity index (χ0) is 42.0. The van der Waals surface area contributed by atoms with Crippen LogP contribution in [0.15, 0.2) is 42.6 Å². The van der Waals surface area contributed by atoms with E-state index in [0.717, 1.165) is 42.5 Å². The summed E-state index contributed by atoms with van der Waals surface area (Å²) in [6.45, 7) is 22.1. The Morgan fingerprint density at radius 1 is 0.983 bits per heavy atom. The summed E-state index contributed by atoms with van der Waals surface area (Å²) in [5.74, 6) is 0.206. The first-order valence-corrected chi connectivity index (χ1v) is 21.9. The van der Waals surface area contributed by atoms with Gasteiger partial charge in [-0.1, -0.05) is 45.7 Å². The second kappa shape index (κ2) is 17.9. The van der Waals surface area contributed by atoms with Crippen molar-refractivity contribution < 1.29 is 32.2 Å². The molecular formula is C44H55N7O7S. The number of nitrogens with zero attached hydrogens (tertiary/aromatic N) is 5. The van der Waals surface area contributed by atoms with E-state index in [1.165, 1.54) is 0 Å². The number of nitrogens with one attached hydrogen (secondary N) is 2. The predicted octanol–water partition coefficient (Wildman–Crippen LogP) is 7.81. The molecule has 2 aromatic heterocycles. The van der Waals surface area contributed by atoms with Crippen LogP contribution in [0.3, 0.4) is 0 Å². The van der Waals surface area contributed by atoms with Crippen molar-refractivity contribution in [1.29, 1.82) is 0 Å². The third-order valence-corrected chi connectivity index (χ3v) is 12.9. The van der Waals surface area contributed by atoms with Crippen LogP contribution in [0.25, 0.3) is 21.9 Å². The zero-order valence-electron chi connectivity index (χ0n) is 34.8. The largest absolute Gasteiger partial charge is 0.466 e. The smallest absolute Gasteiger partial charge is 0.331 e. The molecule has 59 heavy (non-hydrogen) atoms. The van der Waals surface area contributed by atoms with Crippen LogP contribution in [0.1, 0.15) is 87.7 Å². The van der Waals surface area contributed by atoms with Gasteiger partial charge in [0.05, 0.1) is 36.4 Å². The summed E-state index contributed by atoms with van der Waals surface area (Å²) in [4.78, 5) is 52.8. The third kappa shape index (κ3) is 8.98. The molecule has 15 heteroatoms. The lowest BCUT2D eigenvalue weighted by atomic mass is 9.75. The first kappa shape index (κ1) is 41.8. The standard InChI is InChI=1S/C44H55N7O7S/c1-8-56-43(53)33-12-10-9-11-32(33)42(52)50-19-17-49(18-20-50)36-16-15-31(24-34(36)48-59(55)58-37-23-26(2)13-14-28(37)4)40-46-41-38(35(45-7)25-51(41)47-40)44(54)57-39-29(5)21-27(3)22-30(39)6/h13-16,23-25,27,29-30,32-33,39,48H,8-12,17-22H2,1-6H3,(H,46,47). The number of hydrogen-bond donors (Lipinski definition) is 2. The Balaban J connectivity index is 1.15. The number of rotatable bonds is 11. The molecule has 1 saturated heterocycles. The molecule has 4 aromatic rings. The van der Waals surface area contributed by atoms with Crippen molar-refractivity contribution in [2.75, 3.05) is 42.4 Å². The van der Waals surface area contributed by atoms with Gasteiger partial charge in [-0.15, -0.1) is 0 Å². The number of ether oxygens (including phenoxy) is 2. The Kier molecular flexibility index (Phi) is 12.7. The van der Waals surface area contributed by atoms with E-state index in [0.29, 0.717) is 74.4 Å². The summed E-state index contributed by atoms with van der Waals surface area (Å²) in [5, 5.41) is 3.22. The maximum absolute atomic E-state index is 13.8. The zero-order valence-corrected chi connectivity index (χ0v) is 35.6. The summed E-state index contributed by atoms with van der Waals surface area (Å²) in [6.07, 6.45) is 6.37. The predicted molar refractivity (Wildman–Crippen MR) is 226 cm³/mol. The molecule has 0 bridgehead atoms. The molecule has 7 rings (SSSR count). The highest BCUT2D eigenvalue weighted by atomic mass is 32.2.